The van der Waals surface area contributed by atoms with Gasteiger partial charge in [-0.3, -0.25) is 0 Å². The summed E-state index contributed by atoms with van der Waals surface area (Å²) in [5.74, 6) is -0.199. The average molecular weight is 364 g/mol. The van der Waals surface area contributed by atoms with Crippen LogP contribution >= 0.6 is 0 Å². The van der Waals surface area contributed by atoms with E-state index in [4.69, 9.17) is 18.4 Å². The molecule has 1 heterocycles. The Morgan fingerprint density at radius 1 is 1.21 bits per heavy atom. The molecule has 0 spiro atoms. The lowest BCUT2D eigenvalue weighted by Crippen LogP contribution is -2.46. The van der Waals surface area contributed by atoms with Gasteiger partial charge in [0.05, 0.1) is 11.7 Å². The van der Waals surface area contributed by atoms with E-state index in [9.17, 15) is 4.79 Å². The van der Waals surface area contributed by atoms with E-state index in [-0.39, 0.29) is 12.1 Å². The van der Waals surface area contributed by atoms with Crippen molar-refractivity contribution in [2.45, 2.75) is 53.2 Å². The summed E-state index contributed by atoms with van der Waals surface area (Å²) in [5, 5.41) is 12.3. The normalized spacial score (nSPS) is 14.9. The second-order valence-corrected chi connectivity index (χ2v) is 8.08. The highest BCUT2D eigenvalue weighted by atomic mass is 28.4. The quantitative estimate of drug-likeness (QED) is 0.311. The molecule has 24 heavy (non-hydrogen) atoms. The van der Waals surface area contributed by atoms with Gasteiger partial charge >= 0.3 is 14.8 Å². The Morgan fingerprint density at radius 3 is 2.00 bits per heavy atom. The fourth-order valence-corrected chi connectivity index (χ4v) is 4.58. The highest BCUT2D eigenvalue weighted by Crippen LogP contribution is 2.17. The summed E-state index contributed by atoms with van der Waals surface area (Å²) >= 11 is 0. The van der Waals surface area contributed by atoms with Gasteiger partial charge in [0.2, 0.25) is 0 Å². The van der Waals surface area contributed by atoms with Gasteiger partial charge in [-0.15, -0.1) is 0 Å². The van der Waals surface area contributed by atoms with Crippen LogP contribution in [0.1, 0.15) is 41.0 Å². The fraction of sp³-hybridized carbons (Fsp3) is 0.812. The molecule has 1 rings (SSSR count). The SMILES string of the molecule is CC1=COC1=O.CCO[Si](CCCNCC(C)O)(OCC)OCC. The van der Waals surface area contributed by atoms with E-state index in [0.717, 1.165) is 19.0 Å². The van der Waals surface area contributed by atoms with E-state index >= 15 is 0 Å². The number of hydrogen-bond acceptors (Lipinski definition) is 7. The molecule has 1 aliphatic heterocycles. The molecule has 0 saturated carbocycles. The summed E-state index contributed by atoms with van der Waals surface area (Å²) in [6, 6.07) is 0.815. The lowest BCUT2D eigenvalue weighted by atomic mass is 10.3. The third-order valence-corrected chi connectivity index (χ3v) is 6.19. The molecule has 0 aromatic rings. The van der Waals surface area contributed by atoms with Crippen LogP contribution in [0.3, 0.4) is 0 Å². The Hall–Kier alpha value is -0.773. The van der Waals surface area contributed by atoms with Gasteiger partial charge in [0.25, 0.3) is 0 Å². The summed E-state index contributed by atoms with van der Waals surface area (Å²) in [7, 11) is -2.48. The monoisotopic (exact) mass is 363 g/mol. The predicted molar refractivity (Wildman–Crippen MR) is 94.5 cm³/mol. The van der Waals surface area contributed by atoms with Crippen LogP contribution in [-0.2, 0) is 22.8 Å². The first kappa shape index (κ1) is 23.2. The number of carbonyl (C=O) groups excluding carboxylic acids is 1. The molecule has 1 aliphatic rings. The number of aliphatic hydroxyl groups excluding tert-OH is 1. The number of aliphatic hydroxyl groups is 1. The number of hydrogen-bond donors (Lipinski definition) is 2. The second kappa shape index (κ2) is 13.5. The Bertz CT molecular complexity index is 359. The minimum atomic E-state index is -2.48. The summed E-state index contributed by atoms with van der Waals surface area (Å²) in [6.07, 6.45) is 2.05. The van der Waals surface area contributed by atoms with Crippen LogP contribution in [0.4, 0.5) is 0 Å². The van der Waals surface area contributed by atoms with Crippen molar-refractivity contribution in [2.24, 2.45) is 0 Å². The van der Waals surface area contributed by atoms with Crippen molar-refractivity contribution >= 4 is 14.8 Å². The molecule has 142 valence electrons. The number of nitrogens with one attached hydrogen (secondary N) is 1. The average Bonchev–Trinajstić information content (AvgIpc) is 2.54. The number of rotatable bonds is 12. The van der Waals surface area contributed by atoms with Crippen molar-refractivity contribution in [1.29, 1.82) is 0 Å². The van der Waals surface area contributed by atoms with Crippen molar-refractivity contribution < 1.29 is 27.9 Å². The molecule has 0 aromatic carbocycles. The third kappa shape index (κ3) is 10.2. The molecule has 0 aliphatic carbocycles. The molecule has 8 heteroatoms. The van der Waals surface area contributed by atoms with Gasteiger partial charge in [0, 0.05) is 32.4 Å². The minimum Gasteiger partial charge on any atom is -0.430 e. The van der Waals surface area contributed by atoms with Crippen LogP contribution < -0.4 is 5.32 Å². The molecular formula is C16H33NO6Si. The van der Waals surface area contributed by atoms with Gasteiger partial charge in [-0.2, -0.15) is 0 Å². The summed E-state index contributed by atoms with van der Waals surface area (Å²) < 4.78 is 21.5. The molecule has 0 amide bonds. The number of cyclic esters (lactones) is 1. The zero-order valence-electron chi connectivity index (χ0n) is 15.6. The van der Waals surface area contributed by atoms with Crippen molar-refractivity contribution in [1.82, 2.24) is 5.32 Å². The number of carbonyl (C=O) groups is 1. The van der Waals surface area contributed by atoms with Crippen LogP contribution in [-0.4, -0.2) is 58.9 Å². The van der Waals surface area contributed by atoms with Crippen LogP contribution in [0.2, 0.25) is 6.04 Å². The van der Waals surface area contributed by atoms with Crippen LogP contribution in [0, 0.1) is 0 Å². The van der Waals surface area contributed by atoms with Crippen molar-refractivity contribution in [2.75, 3.05) is 32.9 Å². The summed E-state index contributed by atoms with van der Waals surface area (Å²) in [6.45, 7) is 12.7. The molecule has 0 saturated heterocycles. The van der Waals surface area contributed by atoms with Crippen molar-refractivity contribution in [3.8, 4) is 0 Å². The first-order chi connectivity index (χ1) is 11.4. The molecule has 1 atom stereocenters. The van der Waals surface area contributed by atoms with Gasteiger partial charge in [0.15, 0.2) is 0 Å². The van der Waals surface area contributed by atoms with Crippen LogP contribution in [0.15, 0.2) is 11.8 Å². The molecule has 0 fully saturated rings. The smallest absolute Gasteiger partial charge is 0.430 e. The zero-order valence-corrected chi connectivity index (χ0v) is 16.6. The fourth-order valence-electron chi connectivity index (χ4n) is 1.97. The van der Waals surface area contributed by atoms with Crippen LogP contribution in [0.25, 0.3) is 0 Å². The van der Waals surface area contributed by atoms with Crippen LogP contribution in [0.5, 0.6) is 0 Å². The maximum Gasteiger partial charge on any atom is 0.500 e. The standard InChI is InChI=1S/C12H29NO4Si.C4H4O2/c1-5-15-18(16-6-2,17-7-3)10-8-9-13-11-12(4)14;1-3-2-6-4(3)5/h12-14H,5-11H2,1-4H3;2H,1H3. The van der Waals surface area contributed by atoms with Gasteiger partial charge in [-0.1, -0.05) is 0 Å². The maximum absolute atomic E-state index is 9.94. The van der Waals surface area contributed by atoms with E-state index in [1.54, 1.807) is 13.8 Å². The van der Waals surface area contributed by atoms with Crippen molar-refractivity contribution in [3.05, 3.63) is 11.8 Å². The van der Waals surface area contributed by atoms with Gasteiger partial charge in [0.1, 0.15) is 6.26 Å². The Balaban J connectivity index is 0.000000728. The number of esters is 1. The molecule has 1 unspecified atom stereocenters. The largest absolute Gasteiger partial charge is 0.500 e. The van der Waals surface area contributed by atoms with E-state index < -0.39 is 8.80 Å². The molecule has 2 N–H and O–H groups in total. The third-order valence-electron chi connectivity index (χ3n) is 3.03. The lowest BCUT2D eigenvalue weighted by Gasteiger charge is -2.28. The Morgan fingerprint density at radius 2 is 1.71 bits per heavy atom. The van der Waals surface area contributed by atoms with Gasteiger partial charge < -0.3 is 28.4 Å². The Kier molecular flexibility index (Phi) is 13.1. The second-order valence-electron chi connectivity index (χ2n) is 5.34. The topological polar surface area (TPSA) is 86.3 Å². The first-order valence-electron chi connectivity index (χ1n) is 8.59. The van der Waals surface area contributed by atoms with Gasteiger partial charge in [-0.05, 0) is 47.6 Å². The highest BCUT2D eigenvalue weighted by molar-refractivity contribution is 6.60. The van der Waals surface area contributed by atoms with E-state index in [2.05, 4.69) is 10.1 Å². The minimum absolute atomic E-state index is 0.199. The summed E-state index contributed by atoms with van der Waals surface area (Å²) in [4.78, 5) is 9.94. The molecule has 0 bridgehead atoms. The molecule has 7 nitrogen and oxygen atoms in total. The predicted octanol–water partition coefficient (Wildman–Crippen LogP) is 1.84. The molecule has 0 aromatic heterocycles. The molecular weight excluding hydrogens is 330 g/mol. The first-order valence-corrected chi connectivity index (χ1v) is 10.5. The maximum atomic E-state index is 9.94. The zero-order chi connectivity index (χ0) is 18.4. The number of ether oxygens (including phenoxy) is 1. The van der Waals surface area contributed by atoms with E-state index in [1.165, 1.54) is 6.26 Å². The van der Waals surface area contributed by atoms with Crippen molar-refractivity contribution in [3.63, 3.8) is 0 Å². The molecule has 0 radical (unpaired) electrons. The summed E-state index contributed by atoms with van der Waals surface area (Å²) in [5.41, 5.74) is 0.704. The Labute approximate surface area is 146 Å². The van der Waals surface area contributed by atoms with Gasteiger partial charge in [-0.25, -0.2) is 4.79 Å². The van der Waals surface area contributed by atoms with E-state index in [1.807, 2.05) is 20.8 Å². The highest BCUT2D eigenvalue weighted by Gasteiger charge is 2.39. The van der Waals surface area contributed by atoms with E-state index in [0.29, 0.717) is 31.9 Å². The lowest BCUT2D eigenvalue weighted by molar-refractivity contribution is -0.138.